The van der Waals surface area contributed by atoms with Gasteiger partial charge < -0.3 is 4.74 Å². The first kappa shape index (κ1) is 14.9. The summed E-state index contributed by atoms with van der Waals surface area (Å²) in [6.07, 6.45) is -0.605. The minimum atomic E-state index is -0.740. The predicted octanol–water partition coefficient (Wildman–Crippen LogP) is 4.74. The van der Waals surface area contributed by atoms with Crippen LogP contribution in [0.1, 0.15) is 0 Å². The van der Waals surface area contributed by atoms with E-state index in [1.807, 2.05) is 30.3 Å². The van der Waals surface area contributed by atoms with Crippen LogP contribution in [0.5, 0.6) is 0 Å². The highest BCUT2D eigenvalue weighted by molar-refractivity contribution is 6.44. The van der Waals surface area contributed by atoms with Gasteiger partial charge in [0.2, 0.25) is 0 Å². The number of para-hydroxylation sites is 1. The van der Waals surface area contributed by atoms with Crippen molar-refractivity contribution >= 4 is 56.8 Å². The minimum Gasteiger partial charge on any atom is -0.446 e. The Morgan fingerprint density at radius 3 is 2.68 bits per heavy atom. The van der Waals surface area contributed by atoms with Crippen molar-refractivity contribution in [2.24, 2.45) is 0 Å². The molecule has 0 spiro atoms. The molecule has 0 bridgehead atoms. The van der Waals surface area contributed by atoms with Crippen molar-refractivity contribution in [3.63, 3.8) is 0 Å². The van der Waals surface area contributed by atoms with E-state index in [2.05, 4.69) is 16.4 Å². The molecule has 0 radical (unpaired) electrons. The molecule has 112 valence electrons. The van der Waals surface area contributed by atoms with Gasteiger partial charge in [0.25, 0.3) is 0 Å². The van der Waals surface area contributed by atoms with Crippen LogP contribution in [0.2, 0.25) is 0 Å². The molecule has 6 heteroatoms. The van der Waals surface area contributed by atoms with Crippen LogP contribution in [-0.4, -0.2) is 22.5 Å². The summed E-state index contributed by atoms with van der Waals surface area (Å²) in [5, 5.41) is 4.69. The SMILES string of the molecule is O=C(Nc1ccc2cc3ccccc3nc2c1)OCC(Cl)Cl. The van der Waals surface area contributed by atoms with E-state index in [0.717, 1.165) is 21.8 Å². The fourth-order valence-electron chi connectivity index (χ4n) is 2.14. The van der Waals surface area contributed by atoms with E-state index in [4.69, 9.17) is 27.9 Å². The summed E-state index contributed by atoms with van der Waals surface area (Å²) < 4.78 is 4.86. The van der Waals surface area contributed by atoms with E-state index in [9.17, 15) is 4.79 Å². The molecule has 0 fully saturated rings. The molecule has 1 N–H and O–H groups in total. The first-order chi connectivity index (χ1) is 10.6. The number of anilines is 1. The normalized spacial score (nSPS) is 11.0. The van der Waals surface area contributed by atoms with Gasteiger partial charge in [0.1, 0.15) is 11.4 Å². The fraction of sp³-hybridized carbons (Fsp3) is 0.125. The van der Waals surface area contributed by atoms with Crippen molar-refractivity contribution in [3.05, 3.63) is 48.5 Å². The van der Waals surface area contributed by atoms with Crippen molar-refractivity contribution in [2.45, 2.75) is 4.84 Å². The van der Waals surface area contributed by atoms with E-state index < -0.39 is 10.9 Å². The van der Waals surface area contributed by atoms with Gasteiger partial charge in [-0.15, -0.1) is 23.2 Å². The Labute approximate surface area is 137 Å². The molecule has 0 unspecified atom stereocenters. The van der Waals surface area contributed by atoms with Crippen LogP contribution in [-0.2, 0) is 4.74 Å². The monoisotopic (exact) mass is 334 g/mol. The molecule has 0 aliphatic carbocycles. The predicted molar refractivity (Wildman–Crippen MR) is 89.7 cm³/mol. The molecule has 0 saturated carbocycles. The van der Waals surface area contributed by atoms with Crippen molar-refractivity contribution in [1.82, 2.24) is 4.98 Å². The lowest BCUT2D eigenvalue weighted by Gasteiger charge is -2.08. The fourth-order valence-corrected chi connectivity index (χ4v) is 2.27. The molecule has 0 aliphatic heterocycles. The van der Waals surface area contributed by atoms with Crippen molar-refractivity contribution in [1.29, 1.82) is 0 Å². The summed E-state index contributed by atoms with van der Waals surface area (Å²) in [5.41, 5.74) is 2.30. The number of nitrogens with zero attached hydrogens (tertiary/aromatic N) is 1. The van der Waals surface area contributed by atoms with Gasteiger partial charge in [0.05, 0.1) is 11.0 Å². The lowest BCUT2D eigenvalue weighted by Crippen LogP contribution is -2.16. The van der Waals surface area contributed by atoms with Gasteiger partial charge in [-0.1, -0.05) is 24.3 Å². The Bertz CT molecular complexity index is 837. The zero-order chi connectivity index (χ0) is 15.5. The maximum atomic E-state index is 11.6. The van der Waals surface area contributed by atoms with E-state index in [1.54, 1.807) is 12.1 Å². The van der Waals surface area contributed by atoms with E-state index >= 15 is 0 Å². The van der Waals surface area contributed by atoms with Crippen LogP contribution in [0.4, 0.5) is 10.5 Å². The third-order valence-corrected chi connectivity index (χ3v) is 3.36. The number of ether oxygens (including phenoxy) is 1. The molecule has 1 aromatic heterocycles. The first-order valence-corrected chi connectivity index (χ1v) is 7.50. The third kappa shape index (κ3) is 3.40. The second-order valence-corrected chi connectivity index (χ2v) is 5.98. The standard InChI is InChI=1S/C16H12Cl2N2O2/c17-15(18)9-22-16(21)19-12-6-5-11-7-10-3-1-2-4-13(10)20-14(11)8-12/h1-8,15H,9H2,(H,19,21). The van der Waals surface area contributed by atoms with E-state index in [0.29, 0.717) is 5.69 Å². The Morgan fingerprint density at radius 1 is 1.09 bits per heavy atom. The Hall–Kier alpha value is -2.04. The largest absolute Gasteiger partial charge is 0.446 e. The molecule has 4 nitrogen and oxygen atoms in total. The minimum absolute atomic E-state index is 0.0641. The van der Waals surface area contributed by atoms with E-state index in [-0.39, 0.29) is 6.61 Å². The molecule has 0 aliphatic rings. The number of amides is 1. The zero-order valence-corrected chi connectivity index (χ0v) is 12.9. The Kier molecular flexibility index (Phi) is 4.32. The van der Waals surface area contributed by atoms with Crippen LogP contribution in [0, 0.1) is 0 Å². The molecule has 0 atom stereocenters. The van der Waals surface area contributed by atoms with Crippen molar-refractivity contribution in [3.8, 4) is 0 Å². The number of nitrogens with one attached hydrogen (secondary N) is 1. The molecule has 3 rings (SSSR count). The highest BCUT2D eigenvalue weighted by Gasteiger charge is 2.07. The summed E-state index contributed by atoms with van der Waals surface area (Å²) >= 11 is 11.0. The number of fused-ring (bicyclic) bond motifs is 2. The number of alkyl halides is 2. The number of pyridine rings is 1. The molecular formula is C16H12Cl2N2O2. The quantitative estimate of drug-likeness (QED) is 0.556. The van der Waals surface area contributed by atoms with Crippen LogP contribution in [0.3, 0.4) is 0 Å². The summed E-state index contributed by atoms with van der Waals surface area (Å²) in [5.74, 6) is 0. The Morgan fingerprint density at radius 2 is 1.86 bits per heavy atom. The maximum absolute atomic E-state index is 11.6. The third-order valence-electron chi connectivity index (χ3n) is 3.11. The number of hydrogen-bond donors (Lipinski definition) is 1. The summed E-state index contributed by atoms with van der Waals surface area (Å²) in [6.45, 7) is -0.0641. The van der Waals surface area contributed by atoms with Gasteiger partial charge in [0.15, 0.2) is 0 Å². The van der Waals surface area contributed by atoms with Crippen LogP contribution >= 0.6 is 23.2 Å². The molecule has 1 amide bonds. The number of carbonyl (C=O) groups excluding carboxylic acids is 1. The smallest absolute Gasteiger partial charge is 0.411 e. The van der Waals surface area contributed by atoms with Gasteiger partial charge in [0, 0.05) is 16.5 Å². The van der Waals surface area contributed by atoms with Crippen LogP contribution in [0.25, 0.3) is 21.8 Å². The molecule has 2 aromatic carbocycles. The second kappa shape index (κ2) is 6.38. The van der Waals surface area contributed by atoms with Crippen LogP contribution in [0.15, 0.2) is 48.5 Å². The highest BCUT2D eigenvalue weighted by Crippen LogP contribution is 2.22. The molecular weight excluding hydrogens is 323 g/mol. The van der Waals surface area contributed by atoms with Crippen molar-refractivity contribution < 1.29 is 9.53 Å². The van der Waals surface area contributed by atoms with Crippen molar-refractivity contribution in [2.75, 3.05) is 11.9 Å². The second-order valence-electron chi connectivity index (χ2n) is 4.70. The summed E-state index contributed by atoms with van der Waals surface area (Å²) in [6, 6.07) is 15.4. The van der Waals surface area contributed by atoms with Gasteiger partial charge in [-0.05, 0) is 24.3 Å². The zero-order valence-electron chi connectivity index (χ0n) is 11.4. The number of carbonyl (C=O) groups is 1. The number of aromatic nitrogens is 1. The average Bonchev–Trinajstić information content (AvgIpc) is 2.51. The topological polar surface area (TPSA) is 51.2 Å². The number of halogens is 2. The molecule has 3 aromatic rings. The molecule has 1 heterocycles. The highest BCUT2D eigenvalue weighted by atomic mass is 35.5. The summed E-state index contributed by atoms with van der Waals surface area (Å²) in [4.78, 5) is 15.4. The number of hydrogen-bond acceptors (Lipinski definition) is 3. The van der Waals surface area contributed by atoms with Gasteiger partial charge in [-0.25, -0.2) is 9.78 Å². The lowest BCUT2D eigenvalue weighted by molar-refractivity contribution is 0.166. The summed E-state index contributed by atoms with van der Waals surface area (Å²) in [7, 11) is 0. The first-order valence-electron chi connectivity index (χ1n) is 6.63. The number of rotatable bonds is 3. The van der Waals surface area contributed by atoms with Gasteiger partial charge >= 0.3 is 6.09 Å². The lowest BCUT2D eigenvalue weighted by atomic mass is 10.1. The van der Waals surface area contributed by atoms with Gasteiger partial charge in [-0.2, -0.15) is 0 Å². The van der Waals surface area contributed by atoms with Gasteiger partial charge in [-0.3, -0.25) is 5.32 Å². The van der Waals surface area contributed by atoms with Crippen LogP contribution < -0.4 is 5.32 Å². The Balaban J connectivity index is 1.86. The maximum Gasteiger partial charge on any atom is 0.411 e. The average molecular weight is 335 g/mol. The number of benzene rings is 2. The van der Waals surface area contributed by atoms with E-state index in [1.165, 1.54) is 0 Å². The molecule has 22 heavy (non-hydrogen) atoms. The molecule has 0 saturated heterocycles.